The Kier molecular flexibility index (Phi) is 4.73. The molecule has 0 unspecified atom stereocenters. The van der Waals surface area contributed by atoms with Crippen molar-refractivity contribution in [2.75, 3.05) is 17.4 Å². The van der Waals surface area contributed by atoms with Gasteiger partial charge in [-0.3, -0.25) is 4.79 Å². The number of anilines is 2. The highest BCUT2D eigenvalue weighted by Crippen LogP contribution is 2.40. The lowest BCUT2D eigenvalue weighted by atomic mass is 10.0. The number of nitrogens with zero attached hydrogens (tertiary/aromatic N) is 3. The molecule has 1 N–H and O–H groups in total. The van der Waals surface area contributed by atoms with Crippen LogP contribution in [-0.2, 0) is 11.2 Å². The second-order valence-electron chi connectivity index (χ2n) is 7.97. The summed E-state index contributed by atoms with van der Waals surface area (Å²) >= 11 is 1.54. The molecule has 0 aliphatic carbocycles. The van der Waals surface area contributed by atoms with E-state index in [9.17, 15) is 4.79 Å². The molecule has 2 aliphatic rings. The molecule has 0 fully saturated rings. The Bertz CT molecular complexity index is 1360. The molecule has 0 saturated heterocycles. The third kappa shape index (κ3) is 3.58. The summed E-state index contributed by atoms with van der Waals surface area (Å²) in [5.74, 6) is 1.69. The van der Waals surface area contributed by atoms with Crippen LogP contribution in [0.25, 0.3) is 11.3 Å². The molecule has 2 aromatic heterocycles. The fraction of sp³-hybridized carbons (Fsp3) is 0.160. The number of fused-ring (bicyclic) bond motifs is 1. The van der Waals surface area contributed by atoms with E-state index in [1.807, 2.05) is 65.0 Å². The van der Waals surface area contributed by atoms with E-state index in [1.165, 1.54) is 0 Å². The van der Waals surface area contributed by atoms with Gasteiger partial charge in [-0.05, 0) is 59.7 Å². The highest BCUT2D eigenvalue weighted by Gasteiger charge is 2.33. The molecule has 0 saturated carbocycles. The molecular formula is C25H20N4O3S. The maximum atomic E-state index is 11.7. The minimum Gasteiger partial charge on any atom is -0.497 e. The Labute approximate surface area is 194 Å². The van der Waals surface area contributed by atoms with Crippen LogP contribution in [0.5, 0.6) is 5.75 Å². The van der Waals surface area contributed by atoms with Crippen LogP contribution in [0, 0.1) is 0 Å². The summed E-state index contributed by atoms with van der Waals surface area (Å²) in [5, 5.41) is 12.6. The van der Waals surface area contributed by atoms with Crippen LogP contribution in [0.15, 0.2) is 75.8 Å². The third-order valence-electron chi connectivity index (χ3n) is 5.92. The van der Waals surface area contributed by atoms with E-state index in [0.29, 0.717) is 12.8 Å². The lowest BCUT2D eigenvalue weighted by molar-refractivity contribution is -0.115. The van der Waals surface area contributed by atoms with Gasteiger partial charge in [0.1, 0.15) is 17.6 Å². The molecule has 2 aliphatic heterocycles. The van der Waals surface area contributed by atoms with Crippen LogP contribution in [0.2, 0.25) is 0 Å². The Morgan fingerprint density at radius 1 is 1.15 bits per heavy atom. The topological polar surface area (TPSA) is 80.0 Å². The van der Waals surface area contributed by atoms with Gasteiger partial charge in [-0.25, -0.2) is 9.99 Å². The highest BCUT2D eigenvalue weighted by atomic mass is 32.1. The molecule has 6 rings (SSSR count). The number of aromatic nitrogens is 1. The smallest absolute Gasteiger partial charge is 0.228 e. The van der Waals surface area contributed by atoms with Gasteiger partial charge in [0.25, 0.3) is 0 Å². The van der Waals surface area contributed by atoms with Gasteiger partial charge in [-0.2, -0.15) is 5.10 Å². The van der Waals surface area contributed by atoms with E-state index in [2.05, 4.69) is 5.32 Å². The van der Waals surface area contributed by atoms with Crippen molar-refractivity contribution in [2.45, 2.75) is 18.9 Å². The van der Waals surface area contributed by atoms with Crippen molar-refractivity contribution in [3.05, 3.63) is 83.1 Å². The van der Waals surface area contributed by atoms with Gasteiger partial charge in [0.2, 0.25) is 11.0 Å². The van der Waals surface area contributed by atoms with Gasteiger partial charge in [0.05, 0.1) is 31.2 Å². The Balaban J connectivity index is 1.34. The van der Waals surface area contributed by atoms with Gasteiger partial charge in [0, 0.05) is 23.1 Å². The van der Waals surface area contributed by atoms with Crippen molar-refractivity contribution >= 4 is 33.8 Å². The van der Waals surface area contributed by atoms with Crippen molar-refractivity contribution < 1.29 is 13.9 Å². The molecule has 7 nitrogen and oxygen atoms in total. The van der Waals surface area contributed by atoms with Crippen molar-refractivity contribution in [3.63, 3.8) is 0 Å². The Hall–Kier alpha value is -3.91. The predicted octanol–water partition coefficient (Wildman–Crippen LogP) is 5.26. The summed E-state index contributed by atoms with van der Waals surface area (Å²) < 4.78 is 11.0. The third-order valence-corrected chi connectivity index (χ3v) is 6.75. The molecule has 33 heavy (non-hydrogen) atoms. The summed E-state index contributed by atoms with van der Waals surface area (Å²) in [4.78, 5) is 16.6. The molecule has 1 amide bonds. The number of nitrogens with one attached hydrogen (secondary N) is 1. The summed E-state index contributed by atoms with van der Waals surface area (Å²) in [6.45, 7) is 0. The molecule has 2 aromatic carbocycles. The van der Waals surface area contributed by atoms with E-state index in [4.69, 9.17) is 19.2 Å². The first-order chi connectivity index (χ1) is 16.2. The van der Waals surface area contributed by atoms with Crippen LogP contribution < -0.4 is 15.1 Å². The number of thiazole rings is 1. The molecule has 4 heterocycles. The van der Waals surface area contributed by atoms with Crippen molar-refractivity contribution in [1.82, 2.24) is 4.98 Å². The fourth-order valence-corrected chi connectivity index (χ4v) is 5.07. The number of hydrogen-bond acceptors (Lipinski definition) is 7. The number of hydrazone groups is 1. The molecule has 0 spiro atoms. The summed E-state index contributed by atoms with van der Waals surface area (Å²) in [6, 6.07) is 17.7. The predicted molar refractivity (Wildman–Crippen MR) is 128 cm³/mol. The molecule has 0 bridgehead atoms. The molecule has 1 atom stereocenters. The van der Waals surface area contributed by atoms with Crippen LogP contribution in [-0.4, -0.2) is 23.7 Å². The number of rotatable bonds is 5. The minimum absolute atomic E-state index is 0.0277. The zero-order valence-electron chi connectivity index (χ0n) is 17.8. The summed E-state index contributed by atoms with van der Waals surface area (Å²) in [7, 11) is 1.66. The van der Waals surface area contributed by atoms with Crippen molar-refractivity contribution in [1.29, 1.82) is 0 Å². The molecule has 4 aromatic rings. The first-order valence-electron chi connectivity index (χ1n) is 10.6. The van der Waals surface area contributed by atoms with Gasteiger partial charge in [0.15, 0.2) is 0 Å². The summed E-state index contributed by atoms with van der Waals surface area (Å²) in [5.41, 5.74) is 5.75. The van der Waals surface area contributed by atoms with Gasteiger partial charge < -0.3 is 14.5 Å². The van der Waals surface area contributed by atoms with Crippen LogP contribution in [0.4, 0.5) is 10.8 Å². The maximum Gasteiger partial charge on any atom is 0.228 e. The molecule has 164 valence electrons. The number of methoxy groups -OCH3 is 1. The summed E-state index contributed by atoms with van der Waals surface area (Å²) in [6.07, 6.45) is 2.80. The van der Waals surface area contributed by atoms with E-state index >= 15 is 0 Å². The number of carbonyl (C=O) groups excluding carboxylic acids is 1. The minimum atomic E-state index is -0.0713. The van der Waals surface area contributed by atoms with Crippen LogP contribution >= 0.6 is 11.3 Å². The van der Waals surface area contributed by atoms with Gasteiger partial charge >= 0.3 is 0 Å². The Morgan fingerprint density at radius 3 is 2.79 bits per heavy atom. The standard InChI is InChI=1S/C25H20N4O3S/c1-31-18-7-4-15(5-8-18)20-13-22(23-3-2-10-32-23)29(28-20)25-27-21(14-33-25)16-6-9-19-17(11-16)12-24(30)26-19/h2-11,14,22H,12-13H2,1H3,(H,26,30)/t22-/m1/s1. The van der Waals surface area contributed by atoms with E-state index < -0.39 is 0 Å². The van der Waals surface area contributed by atoms with E-state index in [0.717, 1.165) is 50.4 Å². The second-order valence-corrected chi connectivity index (χ2v) is 8.80. The number of ether oxygens (including phenoxy) is 1. The molecular weight excluding hydrogens is 436 g/mol. The fourth-order valence-electron chi connectivity index (χ4n) is 4.24. The number of hydrogen-bond donors (Lipinski definition) is 1. The zero-order valence-corrected chi connectivity index (χ0v) is 18.6. The lowest BCUT2D eigenvalue weighted by Crippen LogP contribution is -2.17. The van der Waals surface area contributed by atoms with Crippen LogP contribution in [0.3, 0.4) is 0 Å². The van der Waals surface area contributed by atoms with Crippen molar-refractivity contribution in [2.24, 2.45) is 5.10 Å². The van der Waals surface area contributed by atoms with Crippen LogP contribution in [0.1, 0.15) is 29.3 Å². The highest BCUT2D eigenvalue weighted by molar-refractivity contribution is 7.14. The Morgan fingerprint density at radius 2 is 2.00 bits per heavy atom. The maximum absolute atomic E-state index is 11.7. The number of carbonyl (C=O) groups is 1. The normalized spacial score (nSPS) is 17.1. The zero-order chi connectivity index (χ0) is 22.4. The first-order valence-corrected chi connectivity index (χ1v) is 11.5. The quantitative estimate of drug-likeness (QED) is 0.443. The SMILES string of the molecule is COc1ccc(C2=NN(c3nc(-c4ccc5c(c4)CC(=O)N5)cs3)[C@@H](c3ccco3)C2)cc1. The van der Waals surface area contributed by atoms with Gasteiger partial charge in [-0.1, -0.05) is 6.07 Å². The number of amides is 1. The van der Waals surface area contributed by atoms with Gasteiger partial charge in [-0.15, -0.1) is 11.3 Å². The molecule has 8 heteroatoms. The number of benzene rings is 2. The second kappa shape index (κ2) is 7.90. The average Bonchev–Trinajstić information content (AvgIpc) is 3.63. The van der Waals surface area contributed by atoms with E-state index in [1.54, 1.807) is 24.7 Å². The molecule has 0 radical (unpaired) electrons. The van der Waals surface area contributed by atoms with E-state index in [-0.39, 0.29) is 11.9 Å². The largest absolute Gasteiger partial charge is 0.497 e. The first kappa shape index (κ1) is 19.8. The average molecular weight is 457 g/mol. The number of furan rings is 1. The monoisotopic (exact) mass is 456 g/mol. The van der Waals surface area contributed by atoms with Crippen molar-refractivity contribution in [3.8, 4) is 17.0 Å². The lowest BCUT2D eigenvalue weighted by Gasteiger charge is -2.18.